The van der Waals surface area contributed by atoms with Gasteiger partial charge >= 0.3 is 0 Å². The smallest absolute Gasteiger partial charge is 0.264 e. The second-order valence-corrected chi connectivity index (χ2v) is 12.5. The number of carbonyl (C=O) groups is 2. The maximum atomic E-state index is 14.0. The Morgan fingerprint density at radius 1 is 0.872 bits per heavy atom. The predicted octanol–water partition coefficient (Wildman–Crippen LogP) is 5.40. The fourth-order valence-corrected chi connectivity index (χ4v) is 5.89. The molecule has 0 fully saturated rings. The van der Waals surface area contributed by atoms with Crippen LogP contribution in [0.3, 0.4) is 0 Å². The van der Waals surface area contributed by atoms with E-state index < -0.39 is 28.5 Å². The van der Waals surface area contributed by atoms with Crippen molar-refractivity contribution in [1.82, 2.24) is 10.2 Å². The van der Waals surface area contributed by atoms with Crippen LogP contribution in [0.15, 0.2) is 71.6 Å². The first kappa shape index (κ1) is 30.2. The molecule has 0 radical (unpaired) electrons. The minimum atomic E-state index is -4.11. The summed E-state index contributed by atoms with van der Waals surface area (Å²) >= 11 is 6.18. The SMILES string of the molecule is Cc1ccc(S(=O)(=O)N(CC(=O)N(Cc2cccc(Cl)c2)C(C)C(=O)NC(C)C)c2cc(C)cc(C)c2)cc1. The third-order valence-corrected chi connectivity index (χ3v) is 8.25. The lowest BCUT2D eigenvalue weighted by atomic mass is 10.1. The molecule has 0 saturated carbocycles. The van der Waals surface area contributed by atoms with Crippen molar-refractivity contribution < 1.29 is 18.0 Å². The number of rotatable bonds is 10. The van der Waals surface area contributed by atoms with Gasteiger partial charge in [0.2, 0.25) is 11.8 Å². The average Bonchev–Trinajstić information content (AvgIpc) is 2.84. The summed E-state index contributed by atoms with van der Waals surface area (Å²) in [7, 11) is -4.11. The van der Waals surface area contributed by atoms with Crippen molar-refractivity contribution in [3.8, 4) is 0 Å². The Hall–Kier alpha value is -3.36. The van der Waals surface area contributed by atoms with E-state index in [0.717, 1.165) is 26.6 Å². The van der Waals surface area contributed by atoms with Crippen LogP contribution in [-0.4, -0.2) is 43.8 Å². The van der Waals surface area contributed by atoms with E-state index in [2.05, 4.69) is 5.32 Å². The molecule has 0 spiro atoms. The molecule has 0 aromatic heterocycles. The van der Waals surface area contributed by atoms with Gasteiger partial charge in [0, 0.05) is 17.6 Å². The summed E-state index contributed by atoms with van der Waals surface area (Å²) < 4.78 is 29.0. The van der Waals surface area contributed by atoms with Crippen molar-refractivity contribution in [3.05, 3.63) is 94.0 Å². The van der Waals surface area contributed by atoms with Crippen molar-refractivity contribution in [2.45, 2.75) is 65.1 Å². The molecular weight excluding hydrogens is 534 g/mol. The number of carbonyl (C=O) groups excluding carboxylic acids is 2. The van der Waals surface area contributed by atoms with E-state index in [0.29, 0.717) is 10.7 Å². The number of halogens is 1. The zero-order valence-corrected chi connectivity index (χ0v) is 24.8. The number of amides is 2. The topological polar surface area (TPSA) is 86.8 Å². The summed E-state index contributed by atoms with van der Waals surface area (Å²) in [5, 5.41) is 3.34. The van der Waals surface area contributed by atoms with Gasteiger partial charge in [-0.15, -0.1) is 0 Å². The van der Waals surface area contributed by atoms with Crippen LogP contribution in [0, 0.1) is 20.8 Å². The standard InChI is InChI=1S/C30H36ClN3O4S/c1-20(2)32-30(36)24(6)33(18-25-8-7-9-26(31)17-25)29(35)19-34(27-15-22(4)14-23(5)16-27)39(37,38)28-12-10-21(3)11-13-28/h7-17,20,24H,18-19H2,1-6H3,(H,32,36). The highest BCUT2D eigenvalue weighted by Crippen LogP contribution is 2.27. The van der Waals surface area contributed by atoms with Crippen molar-refractivity contribution in [3.63, 3.8) is 0 Å². The van der Waals surface area contributed by atoms with Gasteiger partial charge in [0.1, 0.15) is 12.6 Å². The van der Waals surface area contributed by atoms with Crippen LogP contribution in [0.25, 0.3) is 0 Å². The number of hydrogen-bond donors (Lipinski definition) is 1. The highest BCUT2D eigenvalue weighted by molar-refractivity contribution is 7.92. The van der Waals surface area contributed by atoms with Gasteiger partial charge in [-0.2, -0.15) is 0 Å². The minimum absolute atomic E-state index is 0.0760. The molecule has 3 aromatic rings. The fraction of sp³-hybridized carbons (Fsp3) is 0.333. The van der Waals surface area contributed by atoms with Gasteiger partial charge in [-0.3, -0.25) is 13.9 Å². The molecule has 0 aliphatic carbocycles. The van der Waals surface area contributed by atoms with E-state index >= 15 is 0 Å². The second-order valence-electron chi connectivity index (χ2n) is 10.2. The fourth-order valence-electron chi connectivity index (χ4n) is 4.28. The summed E-state index contributed by atoms with van der Waals surface area (Å²) in [6.45, 7) is 10.5. The van der Waals surface area contributed by atoms with Crippen LogP contribution in [0.2, 0.25) is 5.02 Å². The normalized spacial score (nSPS) is 12.2. The Balaban J connectivity index is 2.07. The Bertz CT molecular complexity index is 1420. The second kappa shape index (κ2) is 12.7. The Morgan fingerprint density at radius 3 is 2.05 bits per heavy atom. The molecule has 1 N–H and O–H groups in total. The third kappa shape index (κ3) is 7.83. The highest BCUT2D eigenvalue weighted by atomic mass is 35.5. The number of nitrogens with one attached hydrogen (secondary N) is 1. The number of hydrogen-bond acceptors (Lipinski definition) is 4. The van der Waals surface area contributed by atoms with Crippen LogP contribution < -0.4 is 9.62 Å². The van der Waals surface area contributed by atoms with Crippen LogP contribution >= 0.6 is 11.6 Å². The molecule has 3 rings (SSSR count). The van der Waals surface area contributed by atoms with E-state index in [1.165, 1.54) is 17.0 Å². The van der Waals surface area contributed by atoms with E-state index in [1.54, 1.807) is 49.4 Å². The van der Waals surface area contributed by atoms with E-state index in [9.17, 15) is 18.0 Å². The average molecular weight is 570 g/mol. The van der Waals surface area contributed by atoms with Gasteiger partial charge in [-0.25, -0.2) is 8.42 Å². The van der Waals surface area contributed by atoms with Gasteiger partial charge < -0.3 is 10.2 Å². The summed E-state index contributed by atoms with van der Waals surface area (Å²) in [6, 6.07) is 18.0. The highest BCUT2D eigenvalue weighted by Gasteiger charge is 2.32. The van der Waals surface area contributed by atoms with Gasteiger partial charge in [-0.1, -0.05) is 47.5 Å². The molecule has 0 saturated heterocycles. The molecule has 39 heavy (non-hydrogen) atoms. The van der Waals surface area contributed by atoms with E-state index in [1.807, 2.05) is 46.8 Å². The molecule has 208 valence electrons. The molecule has 0 heterocycles. The summed E-state index contributed by atoms with van der Waals surface area (Å²) in [5.41, 5.74) is 3.74. The lowest BCUT2D eigenvalue weighted by Gasteiger charge is -2.32. The van der Waals surface area contributed by atoms with Crippen molar-refractivity contribution >= 4 is 39.1 Å². The van der Waals surface area contributed by atoms with E-state index in [4.69, 9.17) is 11.6 Å². The Kier molecular flexibility index (Phi) is 9.80. The van der Waals surface area contributed by atoms with Crippen LogP contribution in [0.4, 0.5) is 5.69 Å². The summed E-state index contributed by atoms with van der Waals surface area (Å²) in [4.78, 5) is 28.4. The molecule has 1 atom stereocenters. The number of aryl methyl sites for hydroxylation is 3. The molecular formula is C30H36ClN3O4S. The number of sulfonamides is 1. The van der Waals surface area contributed by atoms with Crippen molar-refractivity contribution in [2.24, 2.45) is 0 Å². The Morgan fingerprint density at radius 2 is 1.49 bits per heavy atom. The zero-order valence-electron chi connectivity index (χ0n) is 23.2. The van der Waals surface area contributed by atoms with Crippen LogP contribution in [0.5, 0.6) is 0 Å². The number of nitrogens with zero attached hydrogens (tertiary/aromatic N) is 2. The first-order chi connectivity index (χ1) is 18.3. The van der Waals surface area contributed by atoms with Crippen LogP contribution in [-0.2, 0) is 26.2 Å². The molecule has 2 amide bonds. The zero-order chi connectivity index (χ0) is 28.9. The van der Waals surface area contributed by atoms with E-state index in [-0.39, 0.29) is 23.4 Å². The lowest BCUT2D eigenvalue weighted by Crippen LogP contribution is -2.52. The third-order valence-electron chi connectivity index (χ3n) is 6.22. The molecule has 7 nitrogen and oxygen atoms in total. The van der Waals surface area contributed by atoms with Gasteiger partial charge in [0.15, 0.2) is 0 Å². The molecule has 0 aliphatic rings. The monoisotopic (exact) mass is 569 g/mol. The molecule has 0 aliphatic heterocycles. The lowest BCUT2D eigenvalue weighted by molar-refractivity contribution is -0.139. The van der Waals surface area contributed by atoms with Gasteiger partial charge in [0.05, 0.1) is 10.6 Å². The molecule has 9 heteroatoms. The summed E-state index contributed by atoms with van der Waals surface area (Å²) in [5.74, 6) is -0.851. The maximum Gasteiger partial charge on any atom is 0.264 e. The first-order valence-corrected chi connectivity index (χ1v) is 14.6. The molecule has 3 aromatic carbocycles. The quantitative estimate of drug-likeness (QED) is 0.354. The molecule has 0 bridgehead atoms. The summed E-state index contributed by atoms with van der Waals surface area (Å²) in [6.07, 6.45) is 0. The van der Waals surface area contributed by atoms with Gasteiger partial charge in [-0.05, 0) is 94.6 Å². The Labute approximate surface area is 236 Å². The maximum absolute atomic E-state index is 14.0. The first-order valence-electron chi connectivity index (χ1n) is 12.8. The number of benzene rings is 3. The largest absolute Gasteiger partial charge is 0.352 e. The minimum Gasteiger partial charge on any atom is -0.352 e. The predicted molar refractivity (Wildman–Crippen MR) is 156 cm³/mol. The van der Waals surface area contributed by atoms with Crippen molar-refractivity contribution in [2.75, 3.05) is 10.8 Å². The molecule has 1 unspecified atom stereocenters. The van der Waals surface area contributed by atoms with Crippen LogP contribution in [0.1, 0.15) is 43.0 Å². The van der Waals surface area contributed by atoms with Gasteiger partial charge in [0.25, 0.3) is 10.0 Å². The number of anilines is 1. The van der Waals surface area contributed by atoms with Crippen molar-refractivity contribution in [1.29, 1.82) is 0 Å².